The van der Waals surface area contributed by atoms with Crippen LogP contribution < -0.4 is 14.8 Å². The number of nitrogens with one attached hydrogen (secondary N) is 1. The fraction of sp³-hybridized carbons (Fsp3) is 0.611. The smallest absolute Gasteiger partial charge is 0.193 e. The van der Waals surface area contributed by atoms with E-state index in [1.165, 1.54) is 6.42 Å². The summed E-state index contributed by atoms with van der Waals surface area (Å²) in [6.07, 6.45) is 2.34. The zero-order valence-corrected chi connectivity index (χ0v) is 16.9. The second-order valence-corrected chi connectivity index (χ2v) is 6.90. The first kappa shape index (κ1) is 18.6. The van der Waals surface area contributed by atoms with Crippen molar-refractivity contribution >= 4 is 29.9 Å². The molecular weight excluding hydrogens is 433 g/mol. The highest BCUT2D eigenvalue weighted by Crippen LogP contribution is 2.38. The lowest BCUT2D eigenvalue weighted by Crippen LogP contribution is -2.47. The van der Waals surface area contributed by atoms with Crippen molar-refractivity contribution in [3.8, 4) is 11.5 Å². The zero-order valence-electron chi connectivity index (χ0n) is 14.6. The summed E-state index contributed by atoms with van der Waals surface area (Å²) in [5.74, 6) is 2.58. The van der Waals surface area contributed by atoms with E-state index in [9.17, 15) is 0 Å². The molecule has 6 nitrogen and oxygen atoms in total. The predicted molar refractivity (Wildman–Crippen MR) is 107 cm³/mol. The number of nitrogens with zero attached hydrogens (tertiary/aromatic N) is 2. The number of halogens is 1. The number of benzene rings is 1. The third kappa shape index (κ3) is 3.97. The Morgan fingerprint density at radius 3 is 2.92 bits per heavy atom. The van der Waals surface area contributed by atoms with Gasteiger partial charge in [-0.3, -0.25) is 4.99 Å². The van der Waals surface area contributed by atoms with Gasteiger partial charge in [-0.05, 0) is 25.0 Å². The zero-order chi connectivity index (χ0) is 16.4. The lowest BCUT2D eigenvalue weighted by atomic mass is 9.87. The second-order valence-electron chi connectivity index (χ2n) is 6.90. The Balaban J connectivity index is 0.00000182. The first-order chi connectivity index (χ1) is 11.8. The number of hydrogen-bond acceptors (Lipinski definition) is 4. The van der Waals surface area contributed by atoms with Crippen molar-refractivity contribution in [3.63, 3.8) is 0 Å². The lowest BCUT2D eigenvalue weighted by molar-refractivity contribution is 0.0931. The maximum atomic E-state index is 6.00. The van der Waals surface area contributed by atoms with Gasteiger partial charge in [-0.25, -0.2) is 0 Å². The van der Waals surface area contributed by atoms with Crippen molar-refractivity contribution in [2.45, 2.75) is 18.9 Å². The molecule has 138 valence electrons. The molecule has 4 rings (SSSR count). The van der Waals surface area contributed by atoms with Crippen LogP contribution in [0.25, 0.3) is 0 Å². The Morgan fingerprint density at radius 1 is 1.32 bits per heavy atom. The molecule has 1 N–H and O–H groups in total. The Kier molecular flexibility index (Phi) is 5.93. The van der Waals surface area contributed by atoms with Crippen LogP contribution in [0, 0.1) is 5.41 Å². The summed E-state index contributed by atoms with van der Waals surface area (Å²) in [5.41, 5.74) is 0.334. The van der Waals surface area contributed by atoms with E-state index in [1.807, 2.05) is 31.3 Å². The molecule has 0 amide bonds. The summed E-state index contributed by atoms with van der Waals surface area (Å²) in [5, 5.41) is 3.45. The van der Waals surface area contributed by atoms with Crippen LogP contribution in [0.5, 0.6) is 11.5 Å². The van der Waals surface area contributed by atoms with E-state index in [1.54, 1.807) is 0 Å². The summed E-state index contributed by atoms with van der Waals surface area (Å²) in [7, 11) is 1.84. The standard InChI is InChI=1S/C18H25N3O3.HI/c1-19-17(21-8-6-18(12-21)7-9-22-13-18)20-10-14-11-23-15-4-2-3-5-16(15)24-14;/h2-5,14H,6-13H2,1H3,(H,19,20);1H. The van der Waals surface area contributed by atoms with Gasteiger partial charge in [0.25, 0.3) is 0 Å². The van der Waals surface area contributed by atoms with Crippen LogP contribution in [0.3, 0.4) is 0 Å². The van der Waals surface area contributed by atoms with Crippen LogP contribution in [0.15, 0.2) is 29.3 Å². The highest BCUT2D eigenvalue weighted by atomic mass is 127. The fourth-order valence-electron chi connectivity index (χ4n) is 3.79. The molecule has 1 aromatic rings. The molecular formula is C18H26IN3O3. The quantitative estimate of drug-likeness (QED) is 0.418. The Labute approximate surface area is 165 Å². The summed E-state index contributed by atoms with van der Waals surface area (Å²) in [6, 6.07) is 7.80. The van der Waals surface area contributed by atoms with Gasteiger partial charge in [0.2, 0.25) is 0 Å². The third-order valence-corrected chi connectivity index (χ3v) is 5.19. The third-order valence-electron chi connectivity index (χ3n) is 5.19. The Hall–Kier alpha value is -1.22. The number of rotatable bonds is 2. The normalized spacial score (nSPS) is 28.1. The number of guanidine groups is 1. The van der Waals surface area contributed by atoms with Crippen molar-refractivity contribution in [1.29, 1.82) is 0 Å². The molecule has 25 heavy (non-hydrogen) atoms. The fourth-order valence-corrected chi connectivity index (χ4v) is 3.79. The highest BCUT2D eigenvalue weighted by Gasteiger charge is 2.42. The van der Waals surface area contributed by atoms with E-state index >= 15 is 0 Å². The van der Waals surface area contributed by atoms with E-state index < -0.39 is 0 Å². The van der Waals surface area contributed by atoms with Gasteiger partial charge in [0.15, 0.2) is 17.5 Å². The van der Waals surface area contributed by atoms with Crippen molar-refractivity contribution in [2.75, 3.05) is 46.5 Å². The first-order valence-corrected chi connectivity index (χ1v) is 8.70. The molecule has 2 unspecified atom stereocenters. The number of para-hydroxylation sites is 2. The van der Waals surface area contributed by atoms with Gasteiger partial charge in [0.1, 0.15) is 12.7 Å². The minimum absolute atomic E-state index is 0. The minimum atomic E-state index is -0.0111. The van der Waals surface area contributed by atoms with Gasteiger partial charge in [-0.2, -0.15) is 0 Å². The first-order valence-electron chi connectivity index (χ1n) is 8.70. The van der Waals surface area contributed by atoms with E-state index in [0.29, 0.717) is 18.6 Å². The number of ether oxygens (including phenoxy) is 3. The minimum Gasteiger partial charge on any atom is -0.486 e. The molecule has 3 heterocycles. The van der Waals surface area contributed by atoms with Gasteiger partial charge in [-0.1, -0.05) is 12.1 Å². The summed E-state index contributed by atoms with van der Waals surface area (Å²) < 4.78 is 17.4. The lowest BCUT2D eigenvalue weighted by Gasteiger charge is -2.29. The van der Waals surface area contributed by atoms with Crippen LogP contribution >= 0.6 is 24.0 Å². The number of likely N-dealkylation sites (tertiary alicyclic amines) is 1. The molecule has 0 aliphatic carbocycles. The highest BCUT2D eigenvalue weighted by molar-refractivity contribution is 14.0. The van der Waals surface area contributed by atoms with Crippen LogP contribution in [0.1, 0.15) is 12.8 Å². The van der Waals surface area contributed by atoms with Crippen molar-refractivity contribution in [2.24, 2.45) is 10.4 Å². The van der Waals surface area contributed by atoms with E-state index in [0.717, 1.165) is 50.2 Å². The molecule has 0 saturated carbocycles. The number of hydrogen-bond donors (Lipinski definition) is 1. The SMILES string of the molecule is CN=C(NCC1COc2ccccc2O1)N1CCC2(CCOC2)C1.I. The Morgan fingerprint density at radius 2 is 2.16 bits per heavy atom. The van der Waals surface area contributed by atoms with E-state index in [-0.39, 0.29) is 30.1 Å². The molecule has 7 heteroatoms. The van der Waals surface area contributed by atoms with E-state index in [2.05, 4.69) is 15.2 Å². The van der Waals surface area contributed by atoms with Crippen LogP contribution in [0.4, 0.5) is 0 Å². The monoisotopic (exact) mass is 459 g/mol. The van der Waals surface area contributed by atoms with Crippen LogP contribution in [0.2, 0.25) is 0 Å². The molecule has 0 aromatic heterocycles. The summed E-state index contributed by atoms with van der Waals surface area (Å²) in [4.78, 5) is 6.79. The number of fused-ring (bicyclic) bond motifs is 1. The average Bonchev–Trinajstić information content (AvgIpc) is 3.26. The van der Waals surface area contributed by atoms with Crippen molar-refractivity contribution in [1.82, 2.24) is 10.2 Å². The van der Waals surface area contributed by atoms with Gasteiger partial charge in [-0.15, -0.1) is 24.0 Å². The molecule has 1 aromatic carbocycles. The molecule has 0 bridgehead atoms. The molecule has 0 radical (unpaired) electrons. The van der Waals surface area contributed by atoms with Gasteiger partial charge in [0, 0.05) is 32.2 Å². The van der Waals surface area contributed by atoms with Gasteiger partial charge >= 0.3 is 0 Å². The maximum Gasteiger partial charge on any atom is 0.193 e. The number of aliphatic imine (C=N–C) groups is 1. The second kappa shape index (κ2) is 7.99. The average molecular weight is 459 g/mol. The topological polar surface area (TPSA) is 55.3 Å². The van der Waals surface area contributed by atoms with Crippen molar-refractivity contribution in [3.05, 3.63) is 24.3 Å². The summed E-state index contributed by atoms with van der Waals surface area (Å²) >= 11 is 0. The Bertz CT molecular complexity index is 619. The largest absolute Gasteiger partial charge is 0.486 e. The predicted octanol–water partition coefficient (Wildman–Crippen LogP) is 2.13. The molecule has 2 fully saturated rings. The van der Waals surface area contributed by atoms with Gasteiger partial charge in [0.05, 0.1) is 13.2 Å². The van der Waals surface area contributed by atoms with Crippen molar-refractivity contribution < 1.29 is 14.2 Å². The van der Waals surface area contributed by atoms with Gasteiger partial charge < -0.3 is 24.4 Å². The molecule has 2 saturated heterocycles. The maximum absolute atomic E-state index is 6.00. The summed E-state index contributed by atoms with van der Waals surface area (Å²) in [6.45, 7) is 5.08. The molecule has 3 aliphatic heterocycles. The molecule has 2 atom stereocenters. The van der Waals surface area contributed by atoms with Crippen LogP contribution in [-0.2, 0) is 4.74 Å². The van der Waals surface area contributed by atoms with E-state index in [4.69, 9.17) is 14.2 Å². The molecule has 1 spiro atoms. The van der Waals surface area contributed by atoms with Crippen LogP contribution in [-0.4, -0.2) is 63.5 Å². The molecule has 3 aliphatic rings.